The molecule has 0 bridgehead atoms. The minimum Gasteiger partial charge on any atom is -0.477 e. The Bertz CT molecular complexity index is 1020. The van der Waals surface area contributed by atoms with E-state index < -0.39 is 0 Å². The van der Waals surface area contributed by atoms with Gasteiger partial charge in [-0.25, -0.2) is 0 Å². The molecule has 2 aliphatic heterocycles. The number of hydrogen-bond donors (Lipinski definition) is 2. The fourth-order valence-corrected chi connectivity index (χ4v) is 5.33. The van der Waals surface area contributed by atoms with Crippen LogP contribution in [0.25, 0.3) is 5.57 Å². The third kappa shape index (κ3) is 3.49. The lowest BCUT2D eigenvalue weighted by atomic mass is 9.73. The molecular weight excluding hydrogens is 386 g/mol. The molecule has 1 aromatic carbocycles. The van der Waals surface area contributed by atoms with Crippen molar-refractivity contribution in [2.45, 2.75) is 38.6 Å². The highest BCUT2D eigenvalue weighted by Gasteiger charge is 2.45. The fraction of sp³-hybridized carbons (Fsp3) is 0.440. The number of allylic oxidation sites excluding steroid dienone is 1. The van der Waals surface area contributed by atoms with Gasteiger partial charge < -0.3 is 20.8 Å². The van der Waals surface area contributed by atoms with Crippen molar-refractivity contribution in [3.63, 3.8) is 0 Å². The zero-order chi connectivity index (χ0) is 21.4. The molecule has 6 nitrogen and oxygen atoms in total. The molecule has 1 aromatic heterocycles. The van der Waals surface area contributed by atoms with Gasteiger partial charge in [-0.1, -0.05) is 30.8 Å². The smallest absolute Gasteiger partial charge is 0.223 e. The number of benzene rings is 1. The number of ether oxygens (including phenoxy) is 1. The highest BCUT2D eigenvalue weighted by molar-refractivity contribution is 6.24. The molecule has 31 heavy (non-hydrogen) atoms. The van der Waals surface area contributed by atoms with Crippen molar-refractivity contribution in [1.82, 2.24) is 10.4 Å². The third-order valence-corrected chi connectivity index (χ3v) is 7.16. The average Bonchev–Trinajstić information content (AvgIpc) is 3.42. The Labute approximate surface area is 184 Å². The molecule has 1 saturated heterocycles. The molecule has 0 radical (unpaired) electrons. The van der Waals surface area contributed by atoms with Gasteiger partial charge in [-0.15, -0.1) is 0 Å². The van der Waals surface area contributed by atoms with Crippen LogP contribution in [0.1, 0.15) is 48.9 Å². The van der Waals surface area contributed by atoms with Crippen LogP contribution in [0.4, 0.5) is 5.82 Å². The molecule has 1 aliphatic carbocycles. The Kier molecular flexibility index (Phi) is 5.18. The first-order chi connectivity index (χ1) is 15.1. The molecule has 1 fully saturated rings. The minimum atomic E-state index is 0.129. The van der Waals surface area contributed by atoms with E-state index in [9.17, 15) is 0 Å². The van der Waals surface area contributed by atoms with Crippen LogP contribution >= 0.6 is 0 Å². The zero-order valence-electron chi connectivity index (χ0n) is 18.2. The number of nitrogens with two attached hydrogens (primary N) is 1. The van der Waals surface area contributed by atoms with E-state index in [0.717, 1.165) is 68.0 Å². The van der Waals surface area contributed by atoms with E-state index in [0.29, 0.717) is 12.5 Å². The molecule has 3 N–H and O–H groups in total. The number of rotatable bonds is 5. The second-order valence-corrected chi connectivity index (χ2v) is 8.85. The van der Waals surface area contributed by atoms with E-state index in [1.165, 1.54) is 11.1 Å². The lowest BCUT2D eigenvalue weighted by molar-refractivity contribution is 0.187. The van der Waals surface area contributed by atoms with Gasteiger partial charge in [0.25, 0.3) is 0 Å². The van der Waals surface area contributed by atoms with Crippen molar-refractivity contribution in [2.75, 3.05) is 31.1 Å². The average molecular weight is 418 g/mol. The minimum absolute atomic E-state index is 0.129. The van der Waals surface area contributed by atoms with Crippen molar-refractivity contribution in [3.8, 4) is 5.88 Å². The molecular formula is C25H31N5O. The molecule has 3 aliphatic rings. The van der Waals surface area contributed by atoms with E-state index in [1.54, 1.807) is 0 Å². The zero-order valence-corrected chi connectivity index (χ0v) is 18.2. The van der Waals surface area contributed by atoms with E-state index in [-0.39, 0.29) is 11.5 Å². The summed E-state index contributed by atoms with van der Waals surface area (Å²) in [6, 6.07) is 13.0. The monoisotopic (exact) mass is 417 g/mol. The largest absolute Gasteiger partial charge is 0.477 e. The van der Waals surface area contributed by atoms with Crippen molar-refractivity contribution < 1.29 is 4.74 Å². The van der Waals surface area contributed by atoms with Crippen LogP contribution in [-0.4, -0.2) is 36.9 Å². The van der Waals surface area contributed by atoms with Crippen molar-refractivity contribution >= 4 is 17.1 Å². The van der Waals surface area contributed by atoms with Crippen LogP contribution in [0.15, 0.2) is 48.1 Å². The van der Waals surface area contributed by atoms with Crippen LogP contribution in [0, 0.1) is 5.41 Å². The first kappa shape index (κ1) is 20.1. The van der Waals surface area contributed by atoms with Gasteiger partial charge >= 0.3 is 0 Å². The van der Waals surface area contributed by atoms with Crippen molar-refractivity contribution in [2.24, 2.45) is 16.3 Å². The molecule has 3 heterocycles. The van der Waals surface area contributed by atoms with E-state index in [4.69, 9.17) is 15.5 Å². The predicted octanol–water partition coefficient (Wildman–Crippen LogP) is 3.69. The summed E-state index contributed by atoms with van der Waals surface area (Å²) in [5, 5.41) is 4.35. The van der Waals surface area contributed by atoms with Gasteiger partial charge in [0.2, 0.25) is 5.88 Å². The summed E-state index contributed by atoms with van der Waals surface area (Å²) in [6.07, 6.45) is 4.12. The van der Waals surface area contributed by atoms with Gasteiger partial charge in [-0.3, -0.25) is 0 Å². The Morgan fingerprint density at radius 1 is 1.26 bits per heavy atom. The highest BCUT2D eigenvalue weighted by atomic mass is 16.5. The molecule has 1 spiro atoms. The molecule has 5 rings (SSSR count). The molecule has 1 atom stereocenters. The first-order valence-corrected chi connectivity index (χ1v) is 11.3. The van der Waals surface area contributed by atoms with Crippen LogP contribution in [-0.2, 0) is 6.42 Å². The van der Waals surface area contributed by atoms with Crippen molar-refractivity contribution in [1.29, 1.82) is 0 Å². The second-order valence-electron chi connectivity index (χ2n) is 8.85. The molecule has 2 aromatic rings. The third-order valence-electron chi connectivity index (χ3n) is 7.16. The van der Waals surface area contributed by atoms with Crippen LogP contribution in [0.3, 0.4) is 0 Å². The number of nitrogens with zero attached hydrogens (tertiary/aromatic N) is 3. The quantitative estimate of drug-likeness (QED) is 0.776. The molecule has 162 valence electrons. The number of piperidine rings is 1. The summed E-state index contributed by atoms with van der Waals surface area (Å²) in [4.78, 5) is 7.25. The second kappa shape index (κ2) is 8.00. The maximum atomic E-state index is 6.74. The molecule has 0 saturated carbocycles. The Hall–Kier alpha value is -2.86. The van der Waals surface area contributed by atoms with E-state index in [1.807, 2.05) is 6.92 Å². The van der Waals surface area contributed by atoms with Gasteiger partial charge in [-0.2, -0.15) is 10.1 Å². The van der Waals surface area contributed by atoms with Gasteiger partial charge in [-0.05, 0) is 54.9 Å². The lowest BCUT2D eigenvalue weighted by Gasteiger charge is -2.42. The van der Waals surface area contributed by atoms with Gasteiger partial charge in [0.05, 0.1) is 12.3 Å². The summed E-state index contributed by atoms with van der Waals surface area (Å²) in [5.41, 5.74) is 15.5. The van der Waals surface area contributed by atoms with Crippen LogP contribution < -0.4 is 20.8 Å². The predicted molar refractivity (Wildman–Crippen MR) is 125 cm³/mol. The topological polar surface area (TPSA) is 75.8 Å². The molecule has 0 amide bonds. The van der Waals surface area contributed by atoms with E-state index >= 15 is 0 Å². The van der Waals surface area contributed by atoms with Crippen molar-refractivity contribution in [3.05, 3.63) is 59.7 Å². The number of anilines is 1. The van der Waals surface area contributed by atoms with Crippen LogP contribution in [0.2, 0.25) is 0 Å². The van der Waals surface area contributed by atoms with Gasteiger partial charge in [0.1, 0.15) is 5.82 Å². The van der Waals surface area contributed by atoms with E-state index in [2.05, 4.69) is 58.4 Å². The molecule has 6 heteroatoms. The Balaban J connectivity index is 1.34. The number of hydrazone groups is 1. The summed E-state index contributed by atoms with van der Waals surface area (Å²) < 4.78 is 5.91. The lowest BCUT2D eigenvalue weighted by Crippen LogP contribution is -2.44. The molecule has 0 unspecified atom stereocenters. The van der Waals surface area contributed by atoms with Gasteiger partial charge in [0.15, 0.2) is 0 Å². The summed E-state index contributed by atoms with van der Waals surface area (Å²) in [6.45, 7) is 9.57. The summed E-state index contributed by atoms with van der Waals surface area (Å²) >= 11 is 0. The fourth-order valence-electron chi connectivity index (χ4n) is 5.33. The SMILES string of the molecule is C=C(C1=NNCC1)c1ccc(N2CCC3(CC2)Cc2ccccc2[C@H]3N)nc1OCC. The normalized spacial score (nSPS) is 21.5. The summed E-state index contributed by atoms with van der Waals surface area (Å²) in [5.74, 6) is 1.61. The maximum Gasteiger partial charge on any atom is 0.223 e. The number of hydrogen-bond acceptors (Lipinski definition) is 6. The standard InChI is InChI=1S/C25H31N5O/c1-3-31-24-19(17(2)21-10-13-27-29-21)8-9-22(28-24)30-14-11-25(12-15-30)16-18-6-4-5-7-20(18)23(25)26/h4-9,23,27H,2-3,10-16,26H2,1H3/t23-/m1/s1. The number of aromatic nitrogens is 1. The van der Waals surface area contributed by atoms with Crippen LogP contribution in [0.5, 0.6) is 5.88 Å². The highest BCUT2D eigenvalue weighted by Crippen LogP contribution is 2.51. The Morgan fingerprint density at radius 2 is 2.06 bits per heavy atom. The number of nitrogens with one attached hydrogen (secondary N) is 1. The first-order valence-electron chi connectivity index (χ1n) is 11.3. The van der Waals surface area contributed by atoms with Gasteiger partial charge in [0, 0.05) is 43.2 Å². The summed E-state index contributed by atoms with van der Waals surface area (Å²) in [7, 11) is 0. The Morgan fingerprint density at radius 3 is 2.77 bits per heavy atom. The maximum absolute atomic E-state index is 6.74. The number of fused-ring (bicyclic) bond motifs is 1. The number of pyridine rings is 1.